The van der Waals surface area contributed by atoms with Gasteiger partial charge in [0.1, 0.15) is 12.1 Å². The summed E-state index contributed by atoms with van der Waals surface area (Å²) in [6.07, 6.45) is 3.19. The van der Waals surface area contributed by atoms with Gasteiger partial charge in [-0.25, -0.2) is 9.97 Å². The second-order valence-corrected chi connectivity index (χ2v) is 6.70. The Balaban J connectivity index is 1.77. The number of fused-ring (bicyclic) bond motifs is 1. The van der Waals surface area contributed by atoms with Gasteiger partial charge < -0.3 is 14.9 Å². The number of aliphatic hydroxyl groups is 1. The number of anilines is 1. The van der Waals surface area contributed by atoms with Crippen LogP contribution in [0.25, 0.3) is 10.2 Å². The molecule has 0 aliphatic carbocycles. The number of piperidine rings is 1. The summed E-state index contributed by atoms with van der Waals surface area (Å²) in [4.78, 5) is 13.0. The zero-order valence-electron chi connectivity index (χ0n) is 11.9. The van der Waals surface area contributed by atoms with Gasteiger partial charge in [-0.05, 0) is 38.4 Å². The van der Waals surface area contributed by atoms with Gasteiger partial charge in [0.15, 0.2) is 0 Å². The molecule has 0 atom stereocenters. The summed E-state index contributed by atoms with van der Waals surface area (Å²) < 4.78 is 1.14. The zero-order chi connectivity index (χ0) is 14.2. The highest BCUT2D eigenvalue weighted by Crippen LogP contribution is 2.32. The predicted molar refractivity (Wildman–Crippen MR) is 82.4 cm³/mol. The molecule has 0 amide bonds. The van der Waals surface area contributed by atoms with Gasteiger partial charge in [0, 0.05) is 19.6 Å². The highest BCUT2D eigenvalue weighted by atomic mass is 32.1. The lowest BCUT2D eigenvalue weighted by molar-refractivity contribution is -0.00543. The van der Waals surface area contributed by atoms with Crippen molar-refractivity contribution in [2.45, 2.75) is 18.4 Å². The molecule has 1 fully saturated rings. The zero-order valence-corrected chi connectivity index (χ0v) is 12.7. The van der Waals surface area contributed by atoms with Crippen LogP contribution in [0.5, 0.6) is 0 Å². The molecular formula is C14H20N4OS. The quantitative estimate of drug-likeness (QED) is 0.931. The van der Waals surface area contributed by atoms with Crippen LogP contribution in [0, 0.1) is 0 Å². The second kappa shape index (κ2) is 5.27. The minimum Gasteiger partial charge on any atom is -0.388 e. The van der Waals surface area contributed by atoms with E-state index in [9.17, 15) is 5.11 Å². The first-order valence-electron chi connectivity index (χ1n) is 6.88. The van der Waals surface area contributed by atoms with Crippen LogP contribution in [-0.4, -0.2) is 59.3 Å². The summed E-state index contributed by atoms with van der Waals surface area (Å²) in [7, 11) is 4.01. The van der Waals surface area contributed by atoms with Gasteiger partial charge in [-0.3, -0.25) is 0 Å². The van der Waals surface area contributed by atoms with Crippen molar-refractivity contribution >= 4 is 27.4 Å². The van der Waals surface area contributed by atoms with Crippen LogP contribution in [0.3, 0.4) is 0 Å². The number of hydrogen-bond acceptors (Lipinski definition) is 6. The maximum atomic E-state index is 10.6. The Morgan fingerprint density at radius 2 is 2.10 bits per heavy atom. The molecule has 2 aromatic heterocycles. The molecule has 0 aromatic carbocycles. The lowest BCUT2D eigenvalue weighted by atomic mass is 9.91. The molecule has 3 heterocycles. The van der Waals surface area contributed by atoms with Crippen LogP contribution < -0.4 is 4.90 Å². The standard InChI is InChI=1S/C14H20N4OS/c1-17(2)9-14(19)4-6-18(7-5-14)13-12-11(3-8-20-12)15-10-16-13/h3,8,10,19H,4-7,9H2,1-2H3. The molecule has 3 rings (SSSR count). The van der Waals surface area contributed by atoms with Crippen molar-refractivity contribution < 1.29 is 5.11 Å². The lowest BCUT2D eigenvalue weighted by Gasteiger charge is -2.40. The smallest absolute Gasteiger partial charge is 0.150 e. The first kappa shape index (κ1) is 13.7. The molecule has 108 valence electrons. The van der Waals surface area contributed by atoms with Crippen LogP contribution >= 0.6 is 11.3 Å². The topological polar surface area (TPSA) is 52.5 Å². The van der Waals surface area contributed by atoms with Crippen molar-refractivity contribution in [3.63, 3.8) is 0 Å². The Morgan fingerprint density at radius 1 is 1.35 bits per heavy atom. The molecule has 6 heteroatoms. The summed E-state index contributed by atoms with van der Waals surface area (Å²) >= 11 is 1.68. The maximum Gasteiger partial charge on any atom is 0.150 e. The van der Waals surface area contributed by atoms with E-state index in [0.717, 1.165) is 48.5 Å². The highest BCUT2D eigenvalue weighted by molar-refractivity contribution is 7.17. The molecule has 5 nitrogen and oxygen atoms in total. The van der Waals surface area contributed by atoms with Gasteiger partial charge in [0.05, 0.1) is 15.8 Å². The highest BCUT2D eigenvalue weighted by Gasteiger charge is 2.33. The van der Waals surface area contributed by atoms with Crippen LogP contribution in [0.15, 0.2) is 17.8 Å². The fourth-order valence-corrected chi connectivity index (χ4v) is 3.74. The van der Waals surface area contributed by atoms with Crippen molar-refractivity contribution in [1.29, 1.82) is 0 Å². The van der Waals surface area contributed by atoms with E-state index < -0.39 is 5.60 Å². The minimum absolute atomic E-state index is 0.568. The molecule has 2 aromatic rings. The van der Waals surface area contributed by atoms with Crippen molar-refractivity contribution in [3.05, 3.63) is 17.8 Å². The number of thiophene rings is 1. The maximum absolute atomic E-state index is 10.6. The van der Waals surface area contributed by atoms with E-state index in [1.54, 1.807) is 17.7 Å². The van der Waals surface area contributed by atoms with Gasteiger partial charge in [-0.2, -0.15) is 0 Å². The van der Waals surface area contributed by atoms with E-state index >= 15 is 0 Å². The Bertz CT molecular complexity index is 590. The molecule has 1 aliphatic rings. The van der Waals surface area contributed by atoms with Gasteiger partial charge in [0.25, 0.3) is 0 Å². The van der Waals surface area contributed by atoms with Crippen LogP contribution in [0.2, 0.25) is 0 Å². The van der Waals surface area contributed by atoms with Gasteiger partial charge in [-0.1, -0.05) is 0 Å². The molecule has 1 aliphatic heterocycles. The molecule has 0 spiro atoms. The number of hydrogen-bond donors (Lipinski definition) is 1. The first-order chi connectivity index (χ1) is 9.57. The molecule has 0 radical (unpaired) electrons. The fourth-order valence-electron chi connectivity index (χ4n) is 2.88. The number of likely N-dealkylation sites (N-methyl/N-ethyl adjacent to an activating group) is 1. The molecule has 20 heavy (non-hydrogen) atoms. The first-order valence-corrected chi connectivity index (χ1v) is 7.76. The van der Waals surface area contributed by atoms with E-state index in [4.69, 9.17) is 0 Å². The Labute approximate surface area is 122 Å². The van der Waals surface area contributed by atoms with Crippen LogP contribution in [0.4, 0.5) is 5.82 Å². The van der Waals surface area contributed by atoms with Crippen molar-refractivity contribution in [2.24, 2.45) is 0 Å². The van der Waals surface area contributed by atoms with E-state index in [1.165, 1.54) is 0 Å². The molecule has 0 saturated carbocycles. The van der Waals surface area contributed by atoms with E-state index in [0.29, 0.717) is 0 Å². The monoisotopic (exact) mass is 292 g/mol. The summed E-state index contributed by atoms with van der Waals surface area (Å²) in [6, 6.07) is 2.03. The number of rotatable bonds is 3. The predicted octanol–water partition coefficient (Wildman–Crippen LogP) is 1.58. The Kier molecular flexibility index (Phi) is 3.62. The summed E-state index contributed by atoms with van der Waals surface area (Å²) in [5.74, 6) is 1.01. The third-order valence-electron chi connectivity index (χ3n) is 3.83. The molecule has 1 N–H and O–H groups in total. The van der Waals surface area contributed by atoms with Gasteiger partial charge >= 0.3 is 0 Å². The normalized spacial score (nSPS) is 18.9. The lowest BCUT2D eigenvalue weighted by Crippen LogP contribution is -2.49. The SMILES string of the molecule is CN(C)CC1(O)CCN(c2ncnc3ccsc23)CC1. The van der Waals surface area contributed by atoms with E-state index in [1.807, 2.05) is 20.2 Å². The molecule has 0 unspecified atom stereocenters. The molecular weight excluding hydrogens is 272 g/mol. The van der Waals surface area contributed by atoms with Gasteiger partial charge in [0.2, 0.25) is 0 Å². The molecule has 0 bridgehead atoms. The third-order valence-corrected chi connectivity index (χ3v) is 4.73. The minimum atomic E-state index is -0.568. The average Bonchev–Trinajstić information content (AvgIpc) is 2.86. The number of nitrogens with zero attached hydrogens (tertiary/aromatic N) is 4. The van der Waals surface area contributed by atoms with Crippen molar-refractivity contribution in [2.75, 3.05) is 38.6 Å². The fraction of sp³-hybridized carbons (Fsp3) is 0.571. The van der Waals surface area contributed by atoms with E-state index in [-0.39, 0.29) is 0 Å². The van der Waals surface area contributed by atoms with Crippen molar-refractivity contribution in [3.8, 4) is 0 Å². The largest absolute Gasteiger partial charge is 0.388 e. The summed E-state index contributed by atoms with van der Waals surface area (Å²) in [5.41, 5.74) is 0.441. The Morgan fingerprint density at radius 3 is 2.80 bits per heavy atom. The summed E-state index contributed by atoms with van der Waals surface area (Å²) in [5, 5.41) is 12.6. The van der Waals surface area contributed by atoms with Crippen LogP contribution in [0.1, 0.15) is 12.8 Å². The second-order valence-electron chi connectivity index (χ2n) is 5.78. The molecule has 1 saturated heterocycles. The number of aromatic nitrogens is 2. The average molecular weight is 292 g/mol. The third kappa shape index (κ3) is 2.63. The summed E-state index contributed by atoms with van der Waals surface area (Å²) in [6.45, 7) is 2.40. The Hall–Kier alpha value is -1.24. The van der Waals surface area contributed by atoms with Crippen LogP contribution in [-0.2, 0) is 0 Å². The van der Waals surface area contributed by atoms with E-state index in [2.05, 4.69) is 25.1 Å². The van der Waals surface area contributed by atoms with Crippen molar-refractivity contribution in [1.82, 2.24) is 14.9 Å². The van der Waals surface area contributed by atoms with Gasteiger partial charge in [-0.15, -0.1) is 11.3 Å².